The Morgan fingerprint density at radius 3 is 2.42 bits per heavy atom. The van der Waals surface area contributed by atoms with Gasteiger partial charge in [-0.25, -0.2) is 0 Å². The van der Waals surface area contributed by atoms with E-state index in [0.717, 1.165) is 32.5 Å². The highest BCUT2D eigenvalue weighted by molar-refractivity contribution is 5.48. The molecule has 0 spiro atoms. The van der Waals surface area contributed by atoms with E-state index in [1.807, 2.05) is 7.05 Å². The molecule has 1 atom stereocenters. The van der Waals surface area contributed by atoms with Crippen molar-refractivity contribution < 1.29 is 4.74 Å². The van der Waals surface area contributed by atoms with Gasteiger partial charge in [0.05, 0.1) is 6.10 Å². The maximum absolute atomic E-state index is 5.70. The number of nitrogens with one attached hydrogen (secondary N) is 1. The first kappa shape index (κ1) is 14.4. The smallest absolute Gasteiger partial charge is 0.0608 e. The van der Waals surface area contributed by atoms with Crippen molar-refractivity contribution in [2.45, 2.75) is 38.8 Å². The lowest BCUT2D eigenvalue weighted by molar-refractivity contribution is 0.0459. The first-order valence-corrected chi connectivity index (χ1v) is 7.38. The number of hydrogen-bond acceptors (Lipinski definition) is 3. The Hall–Kier alpha value is -1.06. The van der Waals surface area contributed by atoms with E-state index in [0.29, 0.717) is 12.1 Å². The predicted octanol–water partition coefficient (Wildman–Crippen LogP) is 2.97. The molecule has 1 aromatic rings. The molecule has 0 radical (unpaired) electrons. The number of nitrogens with zero attached hydrogens (tertiary/aromatic N) is 1. The Labute approximate surface area is 116 Å². The molecule has 0 aromatic heterocycles. The SMILES string of the molecule is CCOC1CCN(c2ccc(C(C)NC)cc2)CC1. The van der Waals surface area contributed by atoms with Crippen molar-refractivity contribution in [2.24, 2.45) is 0 Å². The van der Waals surface area contributed by atoms with Gasteiger partial charge in [-0.05, 0) is 51.4 Å². The molecule has 3 nitrogen and oxygen atoms in total. The van der Waals surface area contributed by atoms with Gasteiger partial charge in [0.1, 0.15) is 0 Å². The van der Waals surface area contributed by atoms with E-state index < -0.39 is 0 Å². The van der Waals surface area contributed by atoms with E-state index in [-0.39, 0.29) is 0 Å². The molecule has 19 heavy (non-hydrogen) atoms. The van der Waals surface area contributed by atoms with E-state index in [1.165, 1.54) is 11.3 Å². The Bertz CT molecular complexity index is 369. The summed E-state index contributed by atoms with van der Waals surface area (Å²) in [6, 6.07) is 9.35. The third-order valence-electron chi connectivity index (χ3n) is 4.04. The minimum absolute atomic E-state index is 0.415. The Morgan fingerprint density at radius 2 is 1.89 bits per heavy atom. The standard InChI is InChI=1S/C16H26N2O/c1-4-19-16-9-11-18(12-10-16)15-7-5-14(6-8-15)13(2)17-3/h5-8,13,16-17H,4,9-12H2,1-3H3. The van der Waals surface area contributed by atoms with Gasteiger partial charge in [0.2, 0.25) is 0 Å². The van der Waals surface area contributed by atoms with Crippen molar-refractivity contribution >= 4 is 5.69 Å². The van der Waals surface area contributed by atoms with Crippen LogP contribution in [0.25, 0.3) is 0 Å². The van der Waals surface area contributed by atoms with Gasteiger partial charge in [-0.3, -0.25) is 0 Å². The summed E-state index contributed by atoms with van der Waals surface area (Å²) in [6.45, 7) is 7.30. The molecular formula is C16H26N2O. The van der Waals surface area contributed by atoms with Gasteiger partial charge in [0.15, 0.2) is 0 Å². The molecule has 106 valence electrons. The molecule has 1 fully saturated rings. The number of hydrogen-bond donors (Lipinski definition) is 1. The van der Waals surface area contributed by atoms with Crippen molar-refractivity contribution in [3.8, 4) is 0 Å². The van der Waals surface area contributed by atoms with Crippen molar-refractivity contribution in [3.05, 3.63) is 29.8 Å². The summed E-state index contributed by atoms with van der Waals surface area (Å²) >= 11 is 0. The van der Waals surface area contributed by atoms with Gasteiger partial charge < -0.3 is 15.0 Å². The number of ether oxygens (including phenoxy) is 1. The Morgan fingerprint density at radius 1 is 1.26 bits per heavy atom. The van der Waals surface area contributed by atoms with Crippen molar-refractivity contribution in [3.63, 3.8) is 0 Å². The molecular weight excluding hydrogens is 236 g/mol. The lowest BCUT2D eigenvalue weighted by Gasteiger charge is -2.33. The highest BCUT2D eigenvalue weighted by atomic mass is 16.5. The van der Waals surface area contributed by atoms with Gasteiger partial charge in [0, 0.05) is 31.4 Å². The zero-order valence-electron chi connectivity index (χ0n) is 12.4. The average Bonchev–Trinajstić information content (AvgIpc) is 2.48. The highest BCUT2D eigenvalue weighted by Gasteiger charge is 2.19. The zero-order chi connectivity index (χ0) is 13.7. The first-order valence-electron chi connectivity index (χ1n) is 7.38. The van der Waals surface area contributed by atoms with E-state index in [4.69, 9.17) is 4.74 Å². The second kappa shape index (κ2) is 6.92. The van der Waals surface area contributed by atoms with Gasteiger partial charge in [0.25, 0.3) is 0 Å². The zero-order valence-corrected chi connectivity index (χ0v) is 12.4. The van der Waals surface area contributed by atoms with Crippen LogP contribution < -0.4 is 10.2 Å². The normalized spacial score (nSPS) is 18.6. The summed E-state index contributed by atoms with van der Waals surface area (Å²) in [4.78, 5) is 2.46. The maximum Gasteiger partial charge on any atom is 0.0608 e. The fourth-order valence-corrected chi connectivity index (χ4v) is 2.66. The second-order valence-corrected chi connectivity index (χ2v) is 5.24. The summed E-state index contributed by atoms with van der Waals surface area (Å²) in [6.07, 6.45) is 2.75. The molecule has 0 amide bonds. The highest BCUT2D eigenvalue weighted by Crippen LogP contribution is 2.23. The Kier molecular flexibility index (Phi) is 5.23. The number of benzene rings is 1. The summed E-state index contributed by atoms with van der Waals surface area (Å²) in [7, 11) is 2.00. The summed E-state index contributed by atoms with van der Waals surface area (Å²) in [5.74, 6) is 0. The van der Waals surface area contributed by atoms with Gasteiger partial charge in [-0.2, -0.15) is 0 Å². The van der Waals surface area contributed by atoms with Crippen LogP contribution in [-0.2, 0) is 4.74 Å². The fourth-order valence-electron chi connectivity index (χ4n) is 2.66. The molecule has 1 saturated heterocycles. The Balaban J connectivity index is 1.92. The molecule has 1 N–H and O–H groups in total. The number of anilines is 1. The fraction of sp³-hybridized carbons (Fsp3) is 0.625. The average molecular weight is 262 g/mol. The van der Waals surface area contributed by atoms with Crippen LogP contribution in [0.2, 0.25) is 0 Å². The summed E-state index contributed by atoms with van der Waals surface area (Å²) in [5, 5.41) is 3.27. The third kappa shape index (κ3) is 3.71. The molecule has 0 aliphatic carbocycles. The summed E-state index contributed by atoms with van der Waals surface area (Å²) < 4.78 is 5.70. The molecule has 1 unspecified atom stereocenters. The largest absolute Gasteiger partial charge is 0.378 e. The van der Waals surface area contributed by atoms with Crippen LogP contribution in [0.15, 0.2) is 24.3 Å². The number of rotatable bonds is 5. The maximum atomic E-state index is 5.70. The van der Waals surface area contributed by atoms with E-state index in [1.54, 1.807) is 0 Å². The molecule has 3 heteroatoms. The molecule has 1 aliphatic heterocycles. The lowest BCUT2D eigenvalue weighted by atomic mass is 10.0. The topological polar surface area (TPSA) is 24.5 Å². The quantitative estimate of drug-likeness (QED) is 0.883. The van der Waals surface area contributed by atoms with Gasteiger partial charge >= 0.3 is 0 Å². The van der Waals surface area contributed by atoms with Crippen LogP contribution in [0, 0.1) is 0 Å². The van der Waals surface area contributed by atoms with Gasteiger partial charge in [-0.15, -0.1) is 0 Å². The van der Waals surface area contributed by atoms with Crippen molar-refractivity contribution in [1.82, 2.24) is 5.32 Å². The second-order valence-electron chi connectivity index (χ2n) is 5.24. The van der Waals surface area contributed by atoms with E-state index in [9.17, 15) is 0 Å². The minimum atomic E-state index is 0.415. The van der Waals surface area contributed by atoms with Crippen LogP contribution in [0.3, 0.4) is 0 Å². The van der Waals surface area contributed by atoms with Crippen molar-refractivity contribution in [2.75, 3.05) is 31.6 Å². The van der Waals surface area contributed by atoms with E-state index >= 15 is 0 Å². The molecule has 1 aromatic carbocycles. The summed E-state index contributed by atoms with van der Waals surface area (Å²) in [5.41, 5.74) is 2.68. The van der Waals surface area contributed by atoms with Crippen LogP contribution in [0.1, 0.15) is 38.3 Å². The minimum Gasteiger partial charge on any atom is -0.378 e. The van der Waals surface area contributed by atoms with Crippen LogP contribution in [-0.4, -0.2) is 32.8 Å². The van der Waals surface area contributed by atoms with Crippen LogP contribution >= 0.6 is 0 Å². The van der Waals surface area contributed by atoms with Crippen LogP contribution in [0.5, 0.6) is 0 Å². The molecule has 2 rings (SSSR count). The van der Waals surface area contributed by atoms with Gasteiger partial charge in [-0.1, -0.05) is 12.1 Å². The lowest BCUT2D eigenvalue weighted by Crippen LogP contribution is -2.37. The monoisotopic (exact) mass is 262 g/mol. The van der Waals surface area contributed by atoms with Crippen LogP contribution in [0.4, 0.5) is 5.69 Å². The molecule has 1 aliphatic rings. The number of piperidine rings is 1. The molecule has 1 heterocycles. The molecule has 0 saturated carbocycles. The van der Waals surface area contributed by atoms with Crippen molar-refractivity contribution in [1.29, 1.82) is 0 Å². The first-order chi connectivity index (χ1) is 9.24. The molecule has 0 bridgehead atoms. The predicted molar refractivity (Wildman–Crippen MR) is 80.8 cm³/mol. The third-order valence-corrected chi connectivity index (χ3v) is 4.04. The van der Waals surface area contributed by atoms with E-state index in [2.05, 4.69) is 48.3 Å².